The van der Waals surface area contributed by atoms with E-state index >= 15 is 0 Å². The van der Waals surface area contributed by atoms with Gasteiger partial charge in [-0.25, -0.2) is 0 Å². The van der Waals surface area contributed by atoms with E-state index < -0.39 is 0 Å². The largest absolute Gasteiger partial charge is 0.375 e. The third-order valence-corrected chi connectivity index (χ3v) is 2.79. The van der Waals surface area contributed by atoms with Gasteiger partial charge in [-0.05, 0) is 12.0 Å². The zero-order chi connectivity index (χ0) is 15.5. The van der Waals surface area contributed by atoms with Gasteiger partial charge < -0.3 is 20.1 Å². The lowest BCUT2D eigenvalue weighted by molar-refractivity contribution is -0.127. The number of amides is 2. The van der Waals surface area contributed by atoms with Gasteiger partial charge in [0.2, 0.25) is 11.8 Å². The summed E-state index contributed by atoms with van der Waals surface area (Å²) in [4.78, 5) is 23.1. The van der Waals surface area contributed by atoms with Crippen LogP contribution in [0, 0.1) is 0 Å². The molecule has 0 aliphatic carbocycles. The van der Waals surface area contributed by atoms with Crippen molar-refractivity contribution >= 4 is 11.8 Å². The van der Waals surface area contributed by atoms with E-state index in [2.05, 4.69) is 10.6 Å². The molecule has 1 aromatic rings. The second kappa shape index (κ2) is 9.90. The molecule has 0 saturated carbocycles. The van der Waals surface area contributed by atoms with Crippen LogP contribution in [-0.2, 0) is 25.5 Å². The zero-order valence-electron chi connectivity index (χ0n) is 12.4. The molecule has 0 aliphatic heterocycles. The fourth-order valence-electron chi connectivity index (χ4n) is 1.89. The van der Waals surface area contributed by atoms with Crippen molar-refractivity contribution in [2.75, 3.05) is 34.0 Å². The van der Waals surface area contributed by atoms with Crippen molar-refractivity contribution in [2.45, 2.75) is 12.5 Å². The van der Waals surface area contributed by atoms with Gasteiger partial charge in [0.25, 0.3) is 0 Å². The van der Waals surface area contributed by atoms with Gasteiger partial charge in [0, 0.05) is 20.8 Å². The number of methoxy groups -OCH3 is 2. The third kappa shape index (κ3) is 7.43. The molecule has 1 atom stereocenters. The van der Waals surface area contributed by atoms with E-state index in [0.29, 0.717) is 13.0 Å². The number of rotatable bonds is 9. The lowest BCUT2D eigenvalue weighted by Crippen LogP contribution is -2.46. The average molecular weight is 294 g/mol. The molecular weight excluding hydrogens is 272 g/mol. The van der Waals surface area contributed by atoms with E-state index in [9.17, 15) is 9.59 Å². The summed E-state index contributed by atoms with van der Waals surface area (Å²) in [6.07, 6.45) is 0.629. The Kier molecular flexibility index (Phi) is 8.08. The van der Waals surface area contributed by atoms with E-state index in [4.69, 9.17) is 9.47 Å². The number of nitrogens with one attached hydrogen (secondary N) is 2. The summed E-state index contributed by atoms with van der Waals surface area (Å²) < 4.78 is 9.55. The van der Waals surface area contributed by atoms with Crippen LogP contribution in [0.15, 0.2) is 30.3 Å². The average Bonchev–Trinajstić information content (AvgIpc) is 2.46. The van der Waals surface area contributed by atoms with E-state index in [1.807, 2.05) is 30.3 Å². The Balaban J connectivity index is 2.56. The van der Waals surface area contributed by atoms with Gasteiger partial charge in [-0.1, -0.05) is 30.3 Å². The molecule has 1 aromatic carbocycles. The number of ether oxygens (including phenoxy) is 2. The molecule has 2 N–H and O–H groups in total. The fourth-order valence-corrected chi connectivity index (χ4v) is 1.89. The zero-order valence-corrected chi connectivity index (χ0v) is 12.4. The van der Waals surface area contributed by atoms with Crippen molar-refractivity contribution in [3.63, 3.8) is 0 Å². The minimum absolute atomic E-state index is 0.00267. The normalized spacial score (nSPS) is 11.7. The van der Waals surface area contributed by atoms with Crippen LogP contribution in [0.25, 0.3) is 0 Å². The molecule has 0 radical (unpaired) electrons. The monoisotopic (exact) mass is 294 g/mol. The maximum Gasteiger partial charge on any atom is 0.246 e. The molecule has 0 unspecified atom stereocenters. The van der Waals surface area contributed by atoms with Crippen LogP contribution in [0.2, 0.25) is 0 Å². The summed E-state index contributed by atoms with van der Waals surface area (Å²) in [6.45, 7) is 0.341. The molecule has 21 heavy (non-hydrogen) atoms. The molecule has 0 aliphatic rings. The molecule has 116 valence electrons. The summed E-state index contributed by atoms with van der Waals surface area (Å²) >= 11 is 0. The topological polar surface area (TPSA) is 76.7 Å². The first-order valence-corrected chi connectivity index (χ1v) is 6.73. The standard InChI is InChI=1S/C15H22N2O4/c1-20-10-14(18)16-9-13(17-15(19)11-21-2)8-12-6-4-3-5-7-12/h3-7,13H,8-11H2,1-2H3,(H,16,18)(H,17,19)/t13-/m1/s1. The highest BCUT2D eigenvalue weighted by atomic mass is 16.5. The van der Waals surface area contributed by atoms with E-state index in [0.717, 1.165) is 5.56 Å². The first kappa shape index (κ1) is 17.1. The van der Waals surface area contributed by atoms with E-state index in [-0.39, 0.29) is 31.1 Å². The van der Waals surface area contributed by atoms with Crippen molar-refractivity contribution in [3.05, 3.63) is 35.9 Å². The molecule has 6 nitrogen and oxygen atoms in total. The molecule has 2 amide bonds. The molecule has 0 fully saturated rings. The molecule has 0 aromatic heterocycles. The second-order valence-corrected chi connectivity index (χ2v) is 4.62. The van der Waals surface area contributed by atoms with Gasteiger partial charge in [0.15, 0.2) is 0 Å². The number of hydrogen-bond acceptors (Lipinski definition) is 4. The highest BCUT2D eigenvalue weighted by Crippen LogP contribution is 2.03. The molecular formula is C15H22N2O4. The predicted molar refractivity (Wildman–Crippen MR) is 78.8 cm³/mol. The van der Waals surface area contributed by atoms with Gasteiger partial charge in [-0.2, -0.15) is 0 Å². The summed E-state index contributed by atoms with van der Waals surface area (Å²) in [5.74, 6) is -0.420. The molecule has 0 saturated heterocycles. The van der Waals surface area contributed by atoms with Crippen LogP contribution in [-0.4, -0.2) is 51.8 Å². The summed E-state index contributed by atoms with van der Waals surface area (Å²) in [5.41, 5.74) is 1.08. The van der Waals surface area contributed by atoms with E-state index in [1.165, 1.54) is 14.2 Å². The lowest BCUT2D eigenvalue weighted by atomic mass is 10.1. The molecule has 6 heteroatoms. The number of benzene rings is 1. The van der Waals surface area contributed by atoms with Gasteiger partial charge >= 0.3 is 0 Å². The number of hydrogen-bond donors (Lipinski definition) is 2. The first-order valence-electron chi connectivity index (χ1n) is 6.73. The second-order valence-electron chi connectivity index (χ2n) is 4.62. The first-order chi connectivity index (χ1) is 10.2. The highest BCUT2D eigenvalue weighted by Gasteiger charge is 2.14. The molecule has 1 rings (SSSR count). The number of carbonyl (C=O) groups is 2. The summed E-state index contributed by atoms with van der Waals surface area (Å²) in [6, 6.07) is 9.57. The Morgan fingerprint density at radius 2 is 1.67 bits per heavy atom. The van der Waals surface area contributed by atoms with Gasteiger partial charge in [-0.3, -0.25) is 9.59 Å². The summed E-state index contributed by atoms with van der Waals surface area (Å²) in [7, 11) is 2.92. The minimum Gasteiger partial charge on any atom is -0.375 e. The Morgan fingerprint density at radius 3 is 2.29 bits per heavy atom. The van der Waals surface area contributed by atoms with Gasteiger partial charge in [0.05, 0.1) is 6.04 Å². The fraction of sp³-hybridized carbons (Fsp3) is 0.467. The Hall–Kier alpha value is -1.92. The number of carbonyl (C=O) groups excluding carboxylic acids is 2. The quantitative estimate of drug-likeness (QED) is 0.678. The summed E-state index contributed by atoms with van der Waals surface area (Å²) in [5, 5.41) is 5.58. The molecule has 0 heterocycles. The van der Waals surface area contributed by atoms with Crippen LogP contribution < -0.4 is 10.6 Å². The van der Waals surface area contributed by atoms with Crippen LogP contribution in [0.3, 0.4) is 0 Å². The third-order valence-electron chi connectivity index (χ3n) is 2.79. The Labute approximate surface area is 124 Å². The smallest absolute Gasteiger partial charge is 0.246 e. The molecule has 0 spiro atoms. The maximum absolute atomic E-state index is 11.6. The minimum atomic E-state index is -0.212. The van der Waals surface area contributed by atoms with Crippen molar-refractivity contribution in [2.24, 2.45) is 0 Å². The van der Waals surface area contributed by atoms with Crippen molar-refractivity contribution in [3.8, 4) is 0 Å². The molecule has 0 bridgehead atoms. The van der Waals surface area contributed by atoms with Crippen LogP contribution in [0.4, 0.5) is 0 Å². The van der Waals surface area contributed by atoms with Crippen molar-refractivity contribution in [1.29, 1.82) is 0 Å². The highest BCUT2D eigenvalue weighted by molar-refractivity contribution is 5.78. The van der Waals surface area contributed by atoms with Crippen molar-refractivity contribution in [1.82, 2.24) is 10.6 Å². The van der Waals surface area contributed by atoms with Gasteiger partial charge in [0.1, 0.15) is 13.2 Å². The van der Waals surface area contributed by atoms with Crippen LogP contribution >= 0.6 is 0 Å². The van der Waals surface area contributed by atoms with Crippen LogP contribution in [0.1, 0.15) is 5.56 Å². The predicted octanol–water partition coefficient (Wildman–Crippen LogP) is 0.123. The Morgan fingerprint density at radius 1 is 1.05 bits per heavy atom. The van der Waals surface area contributed by atoms with Gasteiger partial charge in [-0.15, -0.1) is 0 Å². The van der Waals surface area contributed by atoms with Crippen LogP contribution in [0.5, 0.6) is 0 Å². The van der Waals surface area contributed by atoms with Crippen molar-refractivity contribution < 1.29 is 19.1 Å². The van der Waals surface area contributed by atoms with E-state index in [1.54, 1.807) is 0 Å². The Bertz CT molecular complexity index is 437. The maximum atomic E-state index is 11.6. The SMILES string of the molecule is COCC(=O)NC[C@@H](Cc1ccccc1)NC(=O)COC. The lowest BCUT2D eigenvalue weighted by Gasteiger charge is -2.19.